The van der Waals surface area contributed by atoms with E-state index in [1.165, 1.54) is 6.92 Å². The van der Waals surface area contributed by atoms with Crippen LogP contribution in [0.5, 0.6) is 0 Å². The summed E-state index contributed by atoms with van der Waals surface area (Å²) >= 11 is 0. The standard InChI is InChI=1S/C12H12O4/c1-9(13)7-11(14)8-16-12(15)10-5-3-2-4-6-10/h2-7,14H,8H2,1H3/b11-7-. The zero-order valence-electron chi connectivity index (χ0n) is 8.84. The fourth-order valence-electron chi connectivity index (χ4n) is 1.07. The Bertz CT molecular complexity index is 406. The summed E-state index contributed by atoms with van der Waals surface area (Å²) in [7, 11) is 0. The van der Waals surface area contributed by atoms with E-state index in [-0.39, 0.29) is 18.1 Å². The first-order valence-electron chi connectivity index (χ1n) is 4.72. The highest BCUT2D eigenvalue weighted by Crippen LogP contribution is 2.02. The summed E-state index contributed by atoms with van der Waals surface area (Å²) in [6, 6.07) is 8.41. The molecule has 84 valence electrons. The van der Waals surface area contributed by atoms with E-state index in [0.29, 0.717) is 5.56 Å². The van der Waals surface area contributed by atoms with Gasteiger partial charge in [0.15, 0.2) is 5.78 Å². The van der Waals surface area contributed by atoms with Crippen LogP contribution in [0.1, 0.15) is 17.3 Å². The lowest BCUT2D eigenvalue weighted by atomic mass is 10.2. The van der Waals surface area contributed by atoms with E-state index in [0.717, 1.165) is 6.08 Å². The number of hydrogen-bond acceptors (Lipinski definition) is 4. The SMILES string of the molecule is CC(=O)/C=C(\O)COC(=O)c1ccccc1. The van der Waals surface area contributed by atoms with Gasteiger partial charge < -0.3 is 9.84 Å². The Balaban J connectivity index is 2.51. The molecule has 0 spiro atoms. The van der Waals surface area contributed by atoms with Crippen LogP contribution in [-0.2, 0) is 9.53 Å². The summed E-state index contributed by atoms with van der Waals surface area (Å²) < 4.78 is 4.78. The second-order valence-electron chi connectivity index (χ2n) is 3.19. The minimum atomic E-state index is -0.538. The highest BCUT2D eigenvalue weighted by molar-refractivity contribution is 5.90. The number of carbonyl (C=O) groups excluding carboxylic acids is 2. The van der Waals surface area contributed by atoms with Gasteiger partial charge in [0.05, 0.1) is 5.56 Å². The molecule has 0 amide bonds. The summed E-state index contributed by atoms with van der Waals surface area (Å²) in [5.41, 5.74) is 0.401. The third-order valence-electron chi connectivity index (χ3n) is 1.73. The Hall–Kier alpha value is -2.10. The Kier molecular flexibility index (Phi) is 4.27. The van der Waals surface area contributed by atoms with Gasteiger partial charge in [0, 0.05) is 6.08 Å². The molecule has 4 nitrogen and oxygen atoms in total. The van der Waals surface area contributed by atoms with E-state index in [9.17, 15) is 14.7 Å². The molecule has 1 N–H and O–H groups in total. The molecule has 0 saturated carbocycles. The number of ketones is 1. The minimum Gasteiger partial charge on any atom is -0.509 e. The molecule has 0 saturated heterocycles. The molecule has 0 heterocycles. The van der Waals surface area contributed by atoms with E-state index in [1.807, 2.05) is 0 Å². The van der Waals surface area contributed by atoms with Crippen LogP contribution in [0.2, 0.25) is 0 Å². The number of aliphatic hydroxyl groups excluding tert-OH is 1. The number of rotatable bonds is 4. The fourth-order valence-corrected chi connectivity index (χ4v) is 1.07. The quantitative estimate of drug-likeness (QED) is 0.478. The van der Waals surface area contributed by atoms with Gasteiger partial charge in [0.25, 0.3) is 0 Å². The molecule has 0 unspecified atom stereocenters. The van der Waals surface area contributed by atoms with Crippen molar-refractivity contribution in [3.63, 3.8) is 0 Å². The zero-order valence-corrected chi connectivity index (χ0v) is 8.84. The molecule has 4 heteroatoms. The third-order valence-corrected chi connectivity index (χ3v) is 1.73. The number of aliphatic hydroxyl groups is 1. The first-order valence-corrected chi connectivity index (χ1v) is 4.72. The van der Waals surface area contributed by atoms with Gasteiger partial charge in [-0.25, -0.2) is 4.79 Å². The first-order chi connectivity index (χ1) is 7.59. The topological polar surface area (TPSA) is 63.6 Å². The molecule has 0 aliphatic heterocycles. The Labute approximate surface area is 93.2 Å². The third kappa shape index (κ3) is 3.96. The molecule has 1 aromatic rings. The van der Waals surface area contributed by atoms with E-state index < -0.39 is 5.97 Å². The average Bonchev–Trinajstić information content (AvgIpc) is 2.26. The fraction of sp³-hybridized carbons (Fsp3) is 0.167. The van der Waals surface area contributed by atoms with Crippen molar-refractivity contribution in [3.8, 4) is 0 Å². The van der Waals surface area contributed by atoms with Crippen molar-refractivity contribution in [1.82, 2.24) is 0 Å². The number of ether oxygens (including phenoxy) is 1. The summed E-state index contributed by atoms with van der Waals surface area (Å²) in [5, 5.41) is 9.18. The molecule has 0 bridgehead atoms. The van der Waals surface area contributed by atoms with Gasteiger partial charge in [-0.3, -0.25) is 4.79 Å². The molecule has 0 atom stereocenters. The van der Waals surface area contributed by atoms with Crippen molar-refractivity contribution in [3.05, 3.63) is 47.7 Å². The summed E-state index contributed by atoms with van der Waals surface area (Å²) in [5.74, 6) is -1.10. The van der Waals surface area contributed by atoms with Crippen LogP contribution in [-0.4, -0.2) is 23.5 Å². The summed E-state index contributed by atoms with van der Waals surface area (Å²) in [4.78, 5) is 22.0. The van der Waals surface area contributed by atoms with Crippen molar-refractivity contribution in [2.75, 3.05) is 6.61 Å². The number of hydrogen-bond donors (Lipinski definition) is 1. The van der Waals surface area contributed by atoms with Crippen LogP contribution in [0.25, 0.3) is 0 Å². The van der Waals surface area contributed by atoms with Gasteiger partial charge in [0.2, 0.25) is 0 Å². The number of benzene rings is 1. The van der Waals surface area contributed by atoms with Crippen LogP contribution in [0.3, 0.4) is 0 Å². The molecule has 0 radical (unpaired) electrons. The van der Waals surface area contributed by atoms with E-state index >= 15 is 0 Å². The first kappa shape index (κ1) is 12.0. The summed E-state index contributed by atoms with van der Waals surface area (Å²) in [6.07, 6.45) is 1.01. The van der Waals surface area contributed by atoms with Crippen LogP contribution >= 0.6 is 0 Å². The molecule has 0 aromatic heterocycles. The van der Waals surface area contributed by atoms with Crippen LogP contribution in [0.4, 0.5) is 0 Å². The van der Waals surface area contributed by atoms with Gasteiger partial charge in [-0.15, -0.1) is 0 Å². The maximum Gasteiger partial charge on any atom is 0.338 e. The molecular weight excluding hydrogens is 208 g/mol. The molecule has 1 aromatic carbocycles. The van der Waals surface area contributed by atoms with Crippen molar-refractivity contribution >= 4 is 11.8 Å². The second-order valence-corrected chi connectivity index (χ2v) is 3.19. The lowest BCUT2D eigenvalue weighted by Gasteiger charge is -2.03. The van der Waals surface area contributed by atoms with Gasteiger partial charge in [-0.2, -0.15) is 0 Å². The number of esters is 1. The lowest BCUT2D eigenvalue weighted by Crippen LogP contribution is -2.08. The van der Waals surface area contributed by atoms with Crippen molar-refractivity contribution in [2.24, 2.45) is 0 Å². The molecular formula is C12H12O4. The second kappa shape index (κ2) is 5.70. The average molecular weight is 220 g/mol. The monoisotopic (exact) mass is 220 g/mol. The molecule has 0 fully saturated rings. The highest BCUT2D eigenvalue weighted by atomic mass is 16.5. The van der Waals surface area contributed by atoms with Gasteiger partial charge in [-0.1, -0.05) is 18.2 Å². The number of allylic oxidation sites excluding steroid dienone is 1. The Morgan fingerprint density at radius 2 is 1.94 bits per heavy atom. The molecule has 0 aliphatic carbocycles. The van der Waals surface area contributed by atoms with Crippen LogP contribution < -0.4 is 0 Å². The molecule has 1 rings (SSSR count). The minimum absolute atomic E-state index is 0.267. The van der Waals surface area contributed by atoms with Crippen LogP contribution in [0.15, 0.2) is 42.2 Å². The van der Waals surface area contributed by atoms with Gasteiger partial charge >= 0.3 is 5.97 Å². The van der Waals surface area contributed by atoms with E-state index in [4.69, 9.17) is 4.74 Å². The lowest BCUT2D eigenvalue weighted by molar-refractivity contribution is -0.112. The highest BCUT2D eigenvalue weighted by Gasteiger charge is 2.06. The van der Waals surface area contributed by atoms with Gasteiger partial charge in [-0.05, 0) is 19.1 Å². The van der Waals surface area contributed by atoms with E-state index in [2.05, 4.69) is 0 Å². The predicted molar refractivity (Wildman–Crippen MR) is 58.1 cm³/mol. The van der Waals surface area contributed by atoms with Gasteiger partial charge in [0.1, 0.15) is 12.4 Å². The Morgan fingerprint density at radius 3 is 2.50 bits per heavy atom. The normalized spacial score (nSPS) is 10.9. The van der Waals surface area contributed by atoms with E-state index in [1.54, 1.807) is 30.3 Å². The predicted octanol–water partition coefficient (Wildman–Crippen LogP) is 1.87. The Morgan fingerprint density at radius 1 is 1.31 bits per heavy atom. The smallest absolute Gasteiger partial charge is 0.338 e. The van der Waals surface area contributed by atoms with Crippen molar-refractivity contribution in [1.29, 1.82) is 0 Å². The zero-order chi connectivity index (χ0) is 12.0. The molecule has 0 aliphatic rings. The van der Waals surface area contributed by atoms with Crippen LogP contribution in [0, 0.1) is 0 Å². The molecule has 16 heavy (non-hydrogen) atoms. The maximum atomic E-state index is 11.4. The maximum absolute atomic E-state index is 11.4. The summed E-state index contributed by atoms with van der Waals surface area (Å²) in [6.45, 7) is 1.00. The van der Waals surface area contributed by atoms with Crippen molar-refractivity contribution in [2.45, 2.75) is 6.92 Å². The largest absolute Gasteiger partial charge is 0.509 e. The number of carbonyl (C=O) groups is 2. The van der Waals surface area contributed by atoms with Crippen molar-refractivity contribution < 1.29 is 19.4 Å².